The van der Waals surface area contributed by atoms with E-state index in [9.17, 15) is 4.79 Å². The van der Waals surface area contributed by atoms with E-state index in [-0.39, 0.29) is 5.91 Å². The number of thiazole rings is 1. The van der Waals surface area contributed by atoms with Crippen LogP contribution in [0.5, 0.6) is 0 Å². The Morgan fingerprint density at radius 2 is 2.40 bits per heavy atom. The van der Waals surface area contributed by atoms with Crippen LogP contribution in [0.4, 0.5) is 5.69 Å². The molecule has 0 fully saturated rings. The van der Waals surface area contributed by atoms with Crippen molar-refractivity contribution in [3.05, 3.63) is 40.6 Å². The average Bonchev–Trinajstić information content (AvgIpc) is 2.74. The van der Waals surface area contributed by atoms with Crippen LogP contribution in [0.15, 0.2) is 29.4 Å². The number of nitrogens with one attached hydrogen (secondary N) is 1. The second-order valence-electron chi connectivity index (χ2n) is 3.02. The molecule has 0 bridgehead atoms. The molecule has 2 heterocycles. The van der Waals surface area contributed by atoms with Gasteiger partial charge < -0.3 is 5.32 Å². The summed E-state index contributed by atoms with van der Waals surface area (Å²) in [6.45, 7) is 1.92. The number of amides is 1. The summed E-state index contributed by atoms with van der Waals surface area (Å²) in [5.41, 5.74) is 3.76. The molecule has 2 aromatic heterocycles. The molecule has 0 saturated carbocycles. The van der Waals surface area contributed by atoms with E-state index < -0.39 is 0 Å². The third kappa shape index (κ3) is 2.19. The number of anilines is 1. The van der Waals surface area contributed by atoms with E-state index in [0.717, 1.165) is 11.3 Å². The molecule has 4 nitrogen and oxygen atoms in total. The Balaban J connectivity index is 2.17. The molecule has 0 aliphatic rings. The maximum Gasteiger partial charge on any atom is 0.275 e. The molecule has 0 spiro atoms. The van der Waals surface area contributed by atoms with Gasteiger partial charge in [0, 0.05) is 11.6 Å². The highest BCUT2D eigenvalue weighted by molar-refractivity contribution is 7.07. The van der Waals surface area contributed by atoms with Gasteiger partial charge in [0.05, 0.1) is 17.4 Å². The van der Waals surface area contributed by atoms with Crippen LogP contribution in [-0.4, -0.2) is 15.9 Å². The Kier molecular flexibility index (Phi) is 2.73. The smallest absolute Gasteiger partial charge is 0.275 e. The number of hydrogen-bond acceptors (Lipinski definition) is 4. The highest BCUT2D eigenvalue weighted by atomic mass is 32.1. The summed E-state index contributed by atoms with van der Waals surface area (Å²) in [5, 5.41) is 4.46. The van der Waals surface area contributed by atoms with Crippen LogP contribution in [0.2, 0.25) is 0 Å². The standard InChI is InChI=1S/C10H9N3OS/c1-7-2-3-11-4-8(7)13-10(14)9-5-15-6-12-9/h2-6H,1H3,(H,13,14). The first-order valence-electron chi connectivity index (χ1n) is 4.37. The Hall–Kier alpha value is -1.75. The number of nitrogens with zero attached hydrogens (tertiary/aromatic N) is 2. The van der Waals surface area contributed by atoms with Gasteiger partial charge in [0.25, 0.3) is 5.91 Å². The van der Waals surface area contributed by atoms with E-state index in [1.807, 2.05) is 13.0 Å². The summed E-state index contributed by atoms with van der Waals surface area (Å²) in [4.78, 5) is 19.5. The van der Waals surface area contributed by atoms with Crippen LogP contribution in [0.3, 0.4) is 0 Å². The molecule has 5 heteroatoms. The fraction of sp³-hybridized carbons (Fsp3) is 0.100. The monoisotopic (exact) mass is 219 g/mol. The third-order valence-corrected chi connectivity index (χ3v) is 2.54. The summed E-state index contributed by atoms with van der Waals surface area (Å²) in [5.74, 6) is -0.202. The maximum atomic E-state index is 11.6. The van der Waals surface area contributed by atoms with Gasteiger partial charge in [-0.1, -0.05) is 0 Å². The minimum atomic E-state index is -0.202. The zero-order valence-corrected chi connectivity index (χ0v) is 8.91. The van der Waals surface area contributed by atoms with Crippen molar-refractivity contribution < 1.29 is 4.79 Å². The van der Waals surface area contributed by atoms with Crippen molar-refractivity contribution in [1.82, 2.24) is 9.97 Å². The van der Waals surface area contributed by atoms with Crippen molar-refractivity contribution >= 4 is 22.9 Å². The van der Waals surface area contributed by atoms with Gasteiger partial charge in [0.2, 0.25) is 0 Å². The molecule has 76 valence electrons. The van der Waals surface area contributed by atoms with Crippen molar-refractivity contribution in [2.24, 2.45) is 0 Å². The summed E-state index contributed by atoms with van der Waals surface area (Å²) >= 11 is 1.40. The molecule has 1 amide bonds. The van der Waals surface area contributed by atoms with E-state index >= 15 is 0 Å². The van der Waals surface area contributed by atoms with Crippen LogP contribution in [0.25, 0.3) is 0 Å². The molecular weight excluding hydrogens is 210 g/mol. The predicted octanol–water partition coefficient (Wildman–Crippen LogP) is 2.10. The third-order valence-electron chi connectivity index (χ3n) is 1.95. The second kappa shape index (κ2) is 4.18. The lowest BCUT2D eigenvalue weighted by atomic mass is 10.2. The van der Waals surface area contributed by atoms with Crippen LogP contribution >= 0.6 is 11.3 Å². The highest BCUT2D eigenvalue weighted by Crippen LogP contribution is 2.13. The van der Waals surface area contributed by atoms with E-state index in [0.29, 0.717) is 5.69 Å². The summed E-state index contributed by atoms with van der Waals surface area (Å²) < 4.78 is 0. The molecule has 0 saturated heterocycles. The van der Waals surface area contributed by atoms with E-state index in [2.05, 4.69) is 15.3 Å². The molecule has 2 rings (SSSR count). The molecule has 15 heavy (non-hydrogen) atoms. The van der Waals surface area contributed by atoms with Crippen molar-refractivity contribution in [2.75, 3.05) is 5.32 Å². The topological polar surface area (TPSA) is 54.9 Å². The zero-order valence-electron chi connectivity index (χ0n) is 8.10. The van der Waals surface area contributed by atoms with Gasteiger partial charge >= 0.3 is 0 Å². The number of aromatic nitrogens is 2. The number of carbonyl (C=O) groups excluding carboxylic acids is 1. The van der Waals surface area contributed by atoms with Crippen molar-refractivity contribution in [3.8, 4) is 0 Å². The number of hydrogen-bond donors (Lipinski definition) is 1. The zero-order chi connectivity index (χ0) is 10.7. The van der Waals surface area contributed by atoms with Crippen molar-refractivity contribution in [1.29, 1.82) is 0 Å². The molecular formula is C10H9N3OS. The van der Waals surface area contributed by atoms with E-state index in [1.165, 1.54) is 11.3 Å². The Morgan fingerprint density at radius 1 is 1.53 bits per heavy atom. The lowest BCUT2D eigenvalue weighted by Crippen LogP contribution is -2.13. The van der Waals surface area contributed by atoms with Crippen LogP contribution in [-0.2, 0) is 0 Å². The molecule has 0 unspecified atom stereocenters. The first-order valence-corrected chi connectivity index (χ1v) is 5.32. The maximum absolute atomic E-state index is 11.6. The number of aryl methyl sites for hydroxylation is 1. The normalized spacial score (nSPS) is 9.93. The fourth-order valence-electron chi connectivity index (χ4n) is 1.11. The quantitative estimate of drug-likeness (QED) is 0.841. The lowest BCUT2D eigenvalue weighted by Gasteiger charge is -2.05. The van der Waals surface area contributed by atoms with Crippen LogP contribution < -0.4 is 5.32 Å². The van der Waals surface area contributed by atoms with Crippen LogP contribution in [0.1, 0.15) is 16.1 Å². The van der Waals surface area contributed by atoms with E-state index in [4.69, 9.17) is 0 Å². The summed E-state index contributed by atoms with van der Waals surface area (Å²) in [7, 11) is 0. The van der Waals surface area contributed by atoms with Gasteiger partial charge in [-0.3, -0.25) is 9.78 Å². The Morgan fingerprint density at radius 3 is 3.07 bits per heavy atom. The first-order chi connectivity index (χ1) is 7.27. The van der Waals surface area contributed by atoms with Crippen molar-refractivity contribution in [2.45, 2.75) is 6.92 Å². The molecule has 0 atom stereocenters. The minimum Gasteiger partial charge on any atom is -0.319 e. The second-order valence-corrected chi connectivity index (χ2v) is 3.74. The largest absolute Gasteiger partial charge is 0.319 e. The average molecular weight is 219 g/mol. The SMILES string of the molecule is Cc1ccncc1NC(=O)c1cscn1. The molecule has 2 aromatic rings. The van der Waals surface area contributed by atoms with Crippen molar-refractivity contribution in [3.63, 3.8) is 0 Å². The summed E-state index contributed by atoms with van der Waals surface area (Å²) in [6, 6.07) is 1.84. The number of carbonyl (C=O) groups is 1. The molecule has 1 N–H and O–H groups in total. The first kappa shape index (κ1) is 9.79. The van der Waals surface area contributed by atoms with Gasteiger partial charge in [-0.05, 0) is 18.6 Å². The molecule has 0 aliphatic carbocycles. The van der Waals surface area contributed by atoms with Gasteiger partial charge in [-0.15, -0.1) is 11.3 Å². The summed E-state index contributed by atoms with van der Waals surface area (Å²) in [6.07, 6.45) is 3.31. The van der Waals surface area contributed by atoms with Crippen LogP contribution in [0, 0.1) is 6.92 Å². The van der Waals surface area contributed by atoms with Gasteiger partial charge in [0.1, 0.15) is 5.69 Å². The van der Waals surface area contributed by atoms with Gasteiger partial charge in [-0.25, -0.2) is 4.98 Å². The highest BCUT2D eigenvalue weighted by Gasteiger charge is 2.08. The molecule has 0 aliphatic heterocycles. The lowest BCUT2D eigenvalue weighted by molar-refractivity contribution is 0.102. The molecule has 0 aromatic carbocycles. The van der Waals surface area contributed by atoms with Gasteiger partial charge in [-0.2, -0.15) is 0 Å². The fourth-order valence-corrected chi connectivity index (χ4v) is 1.64. The number of rotatable bonds is 2. The molecule has 0 radical (unpaired) electrons. The minimum absolute atomic E-state index is 0.202. The Labute approximate surface area is 91.0 Å². The number of pyridine rings is 1. The Bertz CT molecular complexity index is 467. The van der Waals surface area contributed by atoms with E-state index in [1.54, 1.807) is 23.3 Å². The van der Waals surface area contributed by atoms with Gasteiger partial charge in [0.15, 0.2) is 0 Å². The predicted molar refractivity (Wildman–Crippen MR) is 59.0 cm³/mol.